The second kappa shape index (κ2) is 14.8. The molecule has 0 aromatic heterocycles. The predicted octanol–water partition coefficient (Wildman–Crippen LogP) is 6.08. The Balaban J connectivity index is 1.38. The standard InChI is InChI=1S/C37H42N2O5/c1-25(36(42)30-10-5-4-6-11-30)39(3)23-34-21-35(29-17-15-27(24-40)16-18-29)44-37(43-34)33-14-8-13-32(20-33)31-12-7-9-28(19-31)22-38-26(2)41/h4-20,25,34-37,40,42H,21-24H2,1-3H3,(H,38,41)/t25-,34-,35+,36-,37+/m0/s1. The van der Waals surface area contributed by atoms with Gasteiger partial charge >= 0.3 is 0 Å². The van der Waals surface area contributed by atoms with Crippen LogP contribution in [-0.4, -0.2) is 46.8 Å². The number of carbonyl (C=O) groups is 1. The average Bonchev–Trinajstić information content (AvgIpc) is 3.07. The Kier molecular flexibility index (Phi) is 10.6. The number of aliphatic hydroxyl groups excluding tert-OH is 2. The number of amides is 1. The molecule has 1 saturated heterocycles. The van der Waals surface area contributed by atoms with Crippen molar-refractivity contribution in [2.45, 2.75) is 64.1 Å². The lowest BCUT2D eigenvalue weighted by Gasteiger charge is -2.39. The van der Waals surface area contributed by atoms with E-state index in [1.54, 1.807) is 0 Å². The zero-order valence-corrected chi connectivity index (χ0v) is 25.6. The van der Waals surface area contributed by atoms with Gasteiger partial charge in [-0.15, -0.1) is 0 Å². The monoisotopic (exact) mass is 594 g/mol. The Morgan fingerprint density at radius 2 is 1.59 bits per heavy atom. The number of benzene rings is 4. The van der Waals surface area contributed by atoms with E-state index in [2.05, 4.69) is 34.5 Å². The first kappa shape index (κ1) is 31.6. The lowest BCUT2D eigenvalue weighted by atomic mass is 9.97. The van der Waals surface area contributed by atoms with Crippen LogP contribution in [0.3, 0.4) is 0 Å². The van der Waals surface area contributed by atoms with Crippen molar-refractivity contribution in [2.75, 3.05) is 13.6 Å². The Morgan fingerprint density at radius 3 is 2.30 bits per heavy atom. The van der Waals surface area contributed by atoms with Crippen LogP contribution in [0.2, 0.25) is 0 Å². The molecular formula is C37H42N2O5. The zero-order chi connectivity index (χ0) is 31.1. The summed E-state index contributed by atoms with van der Waals surface area (Å²) in [6, 6.07) is 33.8. The van der Waals surface area contributed by atoms with Gasteiger partial charge in [0.15, 0.2) is 6.29 Å². The van der Waals surface area contributed by atoms with Crippen molar-refractivity contribution in [3.8, 4) is 11.1 Å². The van der Waals surface area contributed by atoms with E-state index in [0.29, 0.717) is 19.5 Å². The summed E-state index contributed by atoms with van der Waals surface area (Å²) in [4.78, 5) is 13.6. The Bertz CT molecular complexity index is 1510. The first-order chi connectivity index (χ1) is 21.3. The highest BCUT2D eigenvalue weighted by Crippen LogP contribution is 2.39. The van der Waals surface area contributed by atoms with Crippen LogP contribution in [0.5, 0.6) is 0 Å². The molecular weight excluding hydrogens is 552 g/mol. The highest BCUT2D eigenvalue weighted by atomic mass is 16.7. The molecule has 1 heterocycles. The van der Waals surface area contributed by atoms with Gasteiger partial charge in [-0.3, -0.25) is 9.69 Å². The molecule has 4 aromatic carbocycles. The average molecular weight is 595 g/mol. The molecule has 0 unspecified atom stereocenters. The van der Waals surface area contributed by atoms with E-state index >= 15 is 0 Å². The minimum absolute atomic E-state index is 0.00854. The summed E-state index contributed by atoms with van der Waals surface area (Å²) in [6.07, 6.45) is -0.938. The maximum atomic E-state index is 11.4. The van der Waals surface area contributed by atoms with Crippen molar-refractivity contribution < 1.29 is 24.5 Å². The molecule has 4 aromatic rings. The molecule has 1 aliphatic heterocycles. The van der Waals surface area contributed by atoms with Gasteiger partial charge in [0.05, 0.1) is 24.9 Å². The summed E-state index contributed by atoms with van der Waals surface area (Å²) < 4.78 is 13.2. The summed E-state index contributed by atoms with van der Waals surface area (Å²) in [5.41, 5.74) is 6.78. The summed E-state index contributed by atoms with van der Waals surface area (Å²) in [6.45, 7) is 4.62. The van der Waals surface area contributed by atoms with Gasteiger partial charge in [0.1, 0.15) is 0 Å². The number of carbonyl (C=O) groups excluding carboxylic acids is 1. The van der Waals surface area contributed by atoms with Gasteiger partial charge in [-0.05, 0) is 59.5 Å². The maximum Gasteiger partial charge on any atom is 0.217 e. The molecule has 7 nitrogen and oxygen atoms in total. The molecule has 7 heteroatoms. The minimum Gasteiger partial charge on any atom is -0.392 e. The maximum absolute atomic E-state index is 11.4. The fraction of sp³-hybridized carbons (Fsp3) is 0.324. The second-order valence-electron chi connectivity index (χ2n) is 11.6. The molecule has 3 N–H and O–H groups in total. The molecule has 230 valence electrons. The summed E-state index contributed by atoms with van der Waals surface area (Å²) in [7, 11) is 2.02. The van der Waals surface area contributed by atoms with Crippen LogP contribution in [0.15, 0.2) is 103 Å². The van der Waals surface area contributed by atoms with Crippen LogP contribution in [0.25, 0.3) is 11.1 Å². The van der Waals surface area contributed by atoms with Crippen molar-refractivity contribution in [3.05, 3.63) is 131 Å². The largest absolute Gasteiger partial charge is 0.392 e. The molecule has 0 saturated carbocycles. The van der Waals surface area contributed by atoms with Crippen molar-refractivity contribution in [1.82, 2.24) is 10.2 Å². The van der Waals surface area contributed by atoms with Crippen LogP contribution >= 0.6 is 0 Å². The van der Waals surface area contributed by atoms with Gasteiger partial charge in [0, 0.05) is 38.0 Å². The molecule has 44 heavy (non-hydrogen) atoms. The first-order valence-corrected chi connectivity index (χ1v) is 15.2. The molecule has 0 bridgehead atoms. The topological polar surface area (TPSA) is 91.3 Å². The van der Waals surface area contributed by atoms with Crippen LogP contribution < -0.4 is 5.32 Å². The number of nitrogens with zero attached hydrogens (tertiary/aromatic N) is 1. The number of likely N-dealkylation sites (N-methyl/N-ethyl adjacent to an activating group) is 1. The van der Waals surface area contributed by atoms with E-state index in [4.69, 9.17) is 9.47 Å². The molecule has 1 aliphatic rings. The lowest BCUT2D eigenvalue weighted by Crippen LogP contribution is -2.43. The van der Waals surface area contributed by atoms with Gasteiger partial charge < -0.3 is 25.0 Å². The van der Waals surface area contributed by atoms with Gasteiger partial charge in [0.25, 0.3) is 0 Å². The van der Waals surface area contributed by atoms with Crippen molar-refractivity contribution in [1.29, 1.82) is 0 Å². The van der Waals surface area contributed by atoms with Gasteiger partial charge in [-0.25, -0.2) is 0 Å². The highest BCUT2D eigenvalue weighted by molar-refractivity contribution is 5.73. The third-order valence-electron chi connectivity index (χ3n) is 8.36. The molecule has 5 rings (SSSR count). The smallest absolute Gasteiger partial charge is 0.217 e. The van der Waals surface area contributed by atoms with Gasteiger partial charge in [-0.2, -0.15) is 0 Å². The van der Waals surface area contributed by atoms with Gasteiger partial charge in [-0.1, -0.05) is 91.0 Å². The number of nitrogens with one attached hydrogen (secondary N) is 1. The third kappa shape index (κ3) is 8.00. The van der Waals surface area contributed by atoms with Crippen molar-refractivity contribution in [2.24, 2.45) is 0 Å². The number of rotatable bonds is 11. The fourth-order valence-electron chi connectivity index (χ4n) is 5.64. The van der Waals surface area contributed by atoms with E-state index in [1.165, 1.54) is 6.92 Å². The Labute approximate surface area is 260 Å². The molecule has 0 radical (unpaired) electrons. The number of ether oxygens (including phenoxy) is 2. The lowest BCUT2D eigenvalue weighted by molar-refractivity contribution is -0.253. The van der Waals surface area contributed by atoms with Gasteiger partial charge in [0.2, 0.25) is 5.91 Å². The number of aliphatic hydroxyl groups is 2. The van der Waals surface area contributed by atoms with Crippen molar-refractivity contribution >= 4 is 5.91 Å². The first-order valence-electron chi connectivity index (χ1n) is 15.2. The van der Waals surface area contributed by atoms with E-state index in [0.717, 1.165) is 38.9 Å². The van der Waals surface area contributed by atoms with E-state index in [1.807, 2.05) is 92.8 Å². The van der Waals surface area contributed by atoms with Crippen LogP contribution in [0, 0.1) is 0 Å². The minimum atomic E-state index is -0.628. The molecule has 0 aliphatic carbocycles. The van der Waals surface area contributed by atoms with Crippen molar-refractivity contribution in [3.63, 3.8) is 0 Å². The molecule has 1 fully saturated rings. The van der Waals surface area contributed by atoms with Crippen LogP contribution in [0.4, 0.5) is 0 Å². The fourth-order valence-corrected chi connectivity index (χ4v) is 5.64. The molecule has 5 atom stereocenters. The van der Waals surface area contributed by atoms with E-state index < -0.39 is 12.4 Å². The quantitative estimate of drug-likeness (QED) is 0.195. The van der Waals surface area contributed by atoms with Crippen LogP contribution in [0.1, 0.15) is 66.6 Å². The Hall–Kier alpha value is -3.85. The predicted molar refractivity (Wildman–Crippen MR) is 171 cm³/mol. The normalized spacial score (nSPS) is 19.8. The molecule has 0 spiro atoms. The Morgan fingerprint density at radius 1 is 0.886 bits per heavy atom. The van der Waals surface area contributed by atoms with Crippen LogP contribution in [-0.2, 0) is 27.4 Å². The molecule has 1 amide bonds. The highest BCUT2D eigenvalue weighted by Gasteiger charge is 2.34. The number of hydrogen-bond donors (Lipinski definition) is 3. The van der Waals surface area contributed by atoms with E-state index in [9.17, 15) is 15.0 Å². The summed E-state index contributed by atoms with van der Waals surface area (Å²) >= 11 is 0. The summed E-state index contributed by atoms with van der Waals surface area (Å²) in [5, 5.41) is 23.5. The van der Waals surface area contributed by atoms with E-state index in [-0.39, 0.29) is 30.8 Å². The number of hydrogen-bond acceptors (Lipinski definition) is 6. The summed E-state index contributed by atoms with van der Waals surface area (Å²) in [5.74, 6) is -0.0614. The zero-order valence-electron chi connectivity index (χ0n) is 25.6. The second-order valence-corrected chi connectivity index (χ2v) is 11.6. The SMILES string of the molecule is CC(=O)NCc1cccc(-c2cccc([C@@H]3O[C@H](CN(C)[C@@H](C)[C@H](O)c4ccccc4)C[C@H](c4ccc(CO)cc4)O3)c2)c1. The third-order valence-corrected chi connectivity index (χ3v) is 8.36.